The van der Waals surface area contributed by atoms with Gasteiger partial charge in [-0.3, -0.25) is 24.0 Å². The number of aliphatic carboxylic acids is 3. The van der Waals surface area contributed by atoms with Gasteiger partial charge in [0.05, 0.1) is 12.3 Å². The molecular formula is C39H65N3O11. The Hall–Kier alpha value is -4.07. The number of carbonyl (C=O) groups is 7. The lowest BCUT2D eigenvalue weighted by molar-refractivity contribution is -0.164. The summed E-state index contributed by atoms with van der Waals surface area (Å²) in [5, 5.41) is 47.1. The molecular weight excluding hydrogens is 686 g/mol. The Morgan fingerprint density at radius 1 is 0.604 bits per heavy atom. The van der Waals surface area contributed by atoms with E-state index in [0.29, 0.717) is 32.2 Å². The van der Waals surface area contributed by atoms with Gasteiger partial charge in [0.1, 0.15) is 11.8 Å². The average molecular weight is 752 g/mol. The molecule has 0 aliphatic carbocycles. The van der Waals surface area contributed by atoms with Crippen LogP contribution in [0, 0.1) is 5.92 Å². The fourth-order valence-corrected chi connectivity index (χ4v) is 5.61. The van der Waals surface area contributed by atoms with Gasteiger partial charge >= 0.3 is 17.9 Å². The second kappa shape index (κ2) is 30.4. The van der Waals surface area contributed by atoms with E-state index < -0.39 is 66.4 Å². The maximum Gasteiger partial charge on any atom is 0.336 e. The lowest BCUT2D eigenvalue weighted by atomic mass is 9.87. The highest BCUT2D eigenvalue weighted by atomic mass is 16.4. The van der Waals surface area contributed by atoms with Gasteiger partial charge in [0.15, 0.2) is 5.60 Å². The summed E-state index contributed by atoms with van der Waals surface area (Å²) in [7, 11) is 0. The van der Waals surface area contributed by atoms with Gasteiger partial charge in [-0.1, -0.05) is 83.8 Å². The Labute approximate surface area is 314 Å². The summed E-state index contributed by atoms with van der Waals surface area (Å²) >= 11 is 0. The van der Waals surface area contributed by atoms with Crippen LogP contribution in [0.2, 0.25) is 0 Å². The largest absolute Gasteiger partial charge is 0.481 e. The number of carbonyl (C=O) groups excluding carboxylic acids is 4. The lowest BCUT2D eigenvalue weighted by Crippen LogP contribution is -2.48. The number of rotatable bonds is 34. The molecule has 0 bridgehead atoms. The van der Waals surface area contributed by atoms with Crippen molar-refractivity contribution < 1.29 is 54.0 Å². The normalized spacial score (nSPS) is 13.6. The van der Waals surface area contributed by atoms with E-state index in [1.54, 1.807) is 0 Å². The highest BCUT2D eigenvalue weighted by molar-refractivity contribution is 5.94. The van der Waals surface area contributed by atoms with Crippen LogP contribution in [0.4, 0.5) is 0 Å². The van der Waals surface area contributed by atoms with Crippen molar-refractivity contribution >= 4 is 41.4 Å². The first-order valence-corrected chi connectivity index (χ1v) is 19.4. The Balaban J connectivity index is 4.70. The third-order valence-electron chi connectivity index (χ3n) is 8.78. The van der Waals surface area contributed by atoms with Crippen LogP contribution in [-0.2, 0) is 33.6 Å². The molecule has 0 fully saturated rings. The number of carboxylic acid groups (broad SMARTS) is 3. The van der Waals surface area contributed by atoms with Gasteiger partial charge in [0.25, 0.3) is 0 Å². The molecule has 0 aromatic carbocycles. The molecule has 0 saturated heterocycles. The quantitative estimate of drug-likeness (QED) is 0.0333. The predicted molar refractivity (Wildman–Crippen MR) is 201 cm³/mol. The fraction of sp³-hybridized carbons (Fsp3) is 0.718. The van der Waals surface area contributed by atoms with E-state index in [-0.39, 0.29) is 31.2 Å². The Bertz CT molecular complexity index is 1110. The van der Waals surface area contributed by atoms with Crippen molar-refractivity contribution in [2.75, 3.05) is 13.1 Å². The van der Waals surface area contributed by atoms with Crippen LogP contribution in [0.3, 0.4) is 0 Å². The molecule has 14 nitrogen and oxygen atoms in total. The highest BCUT2D eigenvalue weighted by Gasteiger charge is 2.41. The Kier molecular flexibility index (Phi) is 28.1. The molecule has 3 amide bonds. The van der Waals surface area contributed by atoms with Crippen molar-refractivity contribution in [3.8, 4) is 0 Å². The molecule has 0 aliphatic heterocycles. The van der Waals surface area contributed by atoms with Crippen LogP contribution in [0.15, 0.2) is 24.3 Å². The number of allylic oxidation sites excluding steroid dienone is 2. The van der Waals surface area contributed by atoms with Crippen LogP contribution in [-0.4, -0.2) is 86.6 Å². The molecule has 7 N–H and O–H groups in total. The van der Waals surface area contributed by atoms with E-state index in [1.165, 1.54) is 44.3 Å². The number of aliphatic hydroxyl groups is 1. The summed E-state index contributed by atoms with van der Waals surface area (Å²) in [6.07, 6.45) is 18.4. The molecule has 0 radical (unpaired) electrons. The molecule has 0 aromatic heterocycles. The van der Waals surface area contributed by atoms with E-state index in [1.807, 2.05) is 12.2 Å². The van der Waals surface area contributed by atoms with E-state index in [0.717, 1.165) is 44.9 Å². The van der Waals surface area contributed by atoms with Crippen LogP contribution >= 0.6 is 0 Å². The van der Waals surface area contributed by atoms with Crippen molar-refractivity contribution in [1.29, 1.82) is 0 Å². The maximum atomic E-state index is 12.7. The third-order valence-corrected chi connectivity index (χ3v) is 8.78. The second-order valence-corrected chi connectivity index (χ2v) is 13.7. The molecule has 0 aromatic rings. The highest BCUT2D eigenvalue weighted by Crippen LogP contribution is 2.22. The molecule has 3 unspecified atom stereocenters. The number of unbranched alkanes of at least 4 members (excludes halogenated alkanes) is 12. The molecule has 302 valence electrons. The van der Waals surface area contributed by atoms with E-state index in [4.69, 9.17) is 0 Å². The number of amides is 3. The van der Waals surface area contributed by atoms with Gasteiger partial charge in [-0.15, -0.1) is 0 Å². The van der Waals surface area contributed by atoms with E-state index in [2.05, 4.69) is 29.8 Å². The Morgan fingerprint density at radius 2 is 1.09 bits per heavy atom. The van der Waals surface area contributed by atoms with Gasteiger partial charge < -0.3 is 36.4 Å². The summed E-state index contributed by atoms with van der Waals surface area (Å²) in [6.45, 7) is 4.88. The van der Waals surface area contributed by atoms with Gasteiger partial charge in [-0.25, -0.2) is 9.59 Å². The Morgan fingerprint density at radius 3 is 1.55 bits per heavy atom. The van der Waals surface area contributed by atoms with Crippen LogP contribution in [0.25, 0.3) is 0 Å². The number of ketones is 1. The van der Waals surface area contributed by atoms with Crippen molar-refractivity contribution in [3.05, 3.63) is 24.3 Å². The third kappa shape index (κ3) is 26.4. The number of hydrogen-bond donors (Lipinski definition) is 7. The summed E-state index contributed by atoms with van der Waals surface area (Å²) in [5.74, 6) is -8.22. The van der Waals surface area contributed by atoms with Gasteiger partial charge in [0, 0.05) is 25.9 Å². The first-order chi connectivity index (χ1) is 25.2. The number of nitrogens with one attached hydrogen (secondary N) is 3. The number of hydrogen-bond acceptors (Lipinski definition) is 8. The lowest BCUT2D eigenvalue weighted by Gasteiger charge is -2.24. The maximum absolute atomic E-state index is 12.7. The first kappa shape index (κ1) is 48.9. The summed E-state index contributed by atoms with van der Waals surface area (Å²) < 4.78 is 0. The first-order valence-electron chi connectivity index (χ1n) is 19.4. The molecule has 0 spiro atoms. The zero-order valence-corrected chi connectivity index (χ0v) is 31.9. The predicted octanol–water partition coefficient (Wildman–Crippen LogP) is 5.22. The monoisotopic (exact) mass is 751 g/mol. The zero-order chi connectivity index (χ0) is 39.9. The van der Waals surface area contributed by atoms with Gasteiger partial charge in [-0.05, 0) is 69.9 Å². The van der Waals surface area contributed by atoms with Gasteiger partial charge in [0.2, 0.25) is 17.7 Å². The average Bonchev–Trinajstić information content (AvgIpc) is 3.09. The molecule has 0 saturated carbocycles. The summed E-state index contributed by atoms with van der Waals surface area (Å²) in [4.78, 5) is 84.7. The molecule has 53 heavy (non-hydrogen) atoms. The second-order valence-electron chi connectivity index (χ2n) is 13.7. The summed E-state index contributed by atoms with van der Waals surface area (Å²) in [5.41, 5.74) is -2.88. The topological polar surface area (TPSA) is 236 Å². The van der Waals surface area contributed by atoms with E-state index >= 15 is 0 Å². The minimum absolute atomic E-state index is 0.0329. The minimum atomic E-state index is -2.88. The smallest absolute Gasteiger partial charge is 0.336 e. The van der Waals surface area contributed by atoms with E-state index in [9.17, 15) is 54.0 Å². The number of carboxylic acids is 3. The SMILES string of the molecule is CCCCCCC/C=C/C(=O)NCCCCC(CC(=O)CC(O)(CC(=O)NC(CCCCNC(=O)/C=C/CCCCCCC)C(=O)O)C(=O)O)C(=O)O. The van der Waals surface area contributed by atoms with Crippen molar-refractivity contribution in [3.63, 3.8) is 0 Å². The minimum Gasteiger partial charge on any atom is -0.481 e. The van der Waals surface area contributed by atoms with Crippen molar-refractivity contribution in [1.82, 2.24) is 16.0 Å². The molecule has 14 heteroatoms. The zero-order valence-electron chi connectivity index (χ0n) is 31.9. The van der Waals surface area contributed by atoms with Crippen molar-refractivity contribution in [2.24, 2.45) is 5.92 Å². The molecule has 3 atom stereocenters. The number of Topliss-reactive ketones (excluding diaryl/α,β-unsaturated/α-hetero) is 1. The standard InChI is InChI=1S/C39H65N3O11/c1-3-5-7-9-11-13-15-23-33(44)40-25-19-17-21-30(36(47)48)27-31(43)28-39(53,38(51)52)29-35(46)42-32(37(49)50)22-18-20-26-41-34(45)24-16-14-12-10-8-6-4-2/h15-16,23-24,30,32,53H,3-14,17-22,25-29H2,1-2H3,(H,40,44)(H,41,45)(H,42,46)(H,47,48)(H,49,50)(H,51,52)/b23-15+,24-16+. The molecule has 0 rings (SSSR count). The van der Waals surface area contributed by atoms with Crippen LogP contribution in [0.1, 0.15) is 149 Å². The van der Waals surface area contributed by atoms with Crippen LogP contribution in [0.5, 0.6) is 0 Å². The summed E-state index contributed by atoms with van der Waals surface area (Å²) in [6, 6.07) is -1.41. The van der Waals surface area contributed by atoms with Crippen molar-refractivity contribution in [2.45, 2.75) is 160 Å². The molecule has 0 aliphatic rings. The molecule has 0 heterocycles. The van der Waals surface area contributed by atoms with Gasteiger partial charge in [-0.2, -0.15) is 0 Å². The fourth-order valence-electron chi connectivity index (χ4n) is 5.61. The van der Waals surface area contributed by atoms with Crippen LogP contribution < -0.4 is 16.0 Å².